The van der Waals surface area contributed by atoms with Crippen molar-refractivity contribution in [2.75, 3.05) is 20.7 Å². The van der Waals surface area contributed by atoms with E-state index in [0.717, 1.165) is 12.3 Å². The lowest BCUT2D eigenvalue weighted by Gasteiger charge is -2.29. The van der Waals surface area contributed by atoms with Crippen molar-refractivity contribution in [1.29, 1.82) is 0 Å². The van der Waals surface area contributed by atoms with Crippen LogP contribution in [-0.4, -0.2) is 20.7 Å². The molecule has 0 aliphatic heterocycles. The molecular formula is C20H28ClNOS. The molecule has 2 unspecified atom stereocenters. The number of rotatable bonds is 6. The highest BCUT2D eigenvalue weighted by atomic mass is 35.5. The van der Waals surface area contributed by atoms with E-state index in [9.17, 15) is 0 Å². The summed E-state index contributed by atoms with van der Waals surface area (Å²) in [5.41, 5.74) is 4.32. The zero-order chi connectivity index (χ0) is 16.2. The molecule has 0 fully saturated rings. The molecule has 0 amide bonds. The van der Waals surface area contributed by atoms with Gasteiger partial charge in [-0.15, -0.1) is 23.7 Å². The number of hydrogen-bond acceptors (Lipinski definition) is 3. The maximum absolute atomic E-state index is 5.52. The van der Waals surface area contributed by atoms with Gasteiger partial charge in [0.15, 0.2) is 0 Å². The molecule has 1 aromatic heterocycles. The molecule has 2 nitrogen and oxygen atoms in total. The van der Waals surface area contributed by atoms with Gasteiger partial charge in [-0.1, -0.05) is 12.1 Å². The number of hydrogen-bond donors (Lipinski definition) is 1. The molecule has 0 bridgehead atoms. The number of methoxy groups -OCH3 is 1. The smallest absolute Gasteiger partial charge is 0.122 e. The first-order valence-corrected chi connectivity index (χ1v) is 9.46. The molecular weight excluding hydrogens is 338 g/mol. The Hall–Kier alpha value is -1.03. The lowest BCUT2D eigenvalue weighted by atomic mass is 9.77. The minimum atomic E-state index is 0. The highest BCUT2D eigenvalue weighted by molar-refractivity contribution is 7.10. The predicted octanol–water partition coefficient (Wildman–Crippen LogP) is 5.30. The Morgan fingerprint density at radius 3 is 2.88 bits per heavy atom. The van der Waals surface area contributed by atoms with Crippen LogP contribution in [0, 0.1) is 6.92 Å². The summed E-state index contributed by atoms with van der Waals surface area (Å²) in [5.74, 6) is 2.32. The normalized spacial score (nSPS) is 17.7. The van der Waals surface area contributed by atoms with E-state index >= 15 is 0 Å². The molecule has 2 aromatic rings. The van der Waals surface area contributed by atoms with Crippen molar-refractivity contribution in [3.05, 3.63) is 51.2 Å². The van der Waals surface area contributed by atoms with Crippen LogP contribution in [0.1, 0.15) is 52.7 Å². The van der Waals surface area contributed by atoms with Gasteiger partial charge in [-0.2, -0.15) is 0 Å². The van der Waals surface area contributed by atoms with Crippen LogP contribution in [0.5, 0.6) is 5.75 Å². The van der Waals surface area contributed by atoms with Crippen LogP contribution in [0.25, 0.3) is 0 Å². The summed E-state index contributed by atoms with van der Waals surface area (Å²) in [6.07, 6.45) is 5.03. The summed E-state index contributed by atoms with van der Waals surface area (Å²) in [6.45, 7) is 3.22. The second-order valence-electron chi connectivity index (χ2n) is 6.62. The lowest BCUT2D eigenvalue weighted by molar-refractivity contribution is 0.408. The first-order chi connectivity index (χ1) is 11.2. The van der Waals surface area contributed by atoms with Gasteiger partial charge in [-0.05, 0) is 79.8 Å². The Morgan fingerprint density at radius 2 is 2.21 bits per heavy atom. The third-order valence-corrected chi connectivity index (χ3v) is 6.10. The molecule has 1 aliphatic carbocycles. The van der Waals surface area contributed by atoms with Crippen LogP contribution >= 0.6 is 23.7 Å². The summed E-state index contributed by atoms with van der Waals surface area (Å²) < 4.78 is 5.52. The van der Waals surface area contributed by atoms with Gasteiger partial charge in [0.05, 0.1) is 7.11 Å². The zero-order valence-corrected chi connectivity index (χ0v) is 16.4. The van der Waals surface area contributed by atoms with Crippen molar-refractivity contribution in [3.63, 3.8) is 0 Å². The Balaban J connectivity index is 0.00000208. The third-order valence-electron chi connectivity index (χ3n) is 5.06. The number of thiophene rings is 1. The number of ether oxygens (including phenoxy) is 1. The van der Waals surface area contributed by atoms with Crippen LogP contribution < -0.4 is 10.1 Å². The Labute approximate surface area is 156 Å². The van der Waals surface area contributed by atoms with E-state index in [4.69, 9.17) is 4.74 Å². The van der Waals surface area contributed by atoms with Crippen LogP contribution in [-0.2, 0) is 6.42 Å². The van der Waals surface area contributed by atoms with Crippen LogP contribution in [0.3, 0.4) is 0 Å². The van der Waals surface area contributed by atoms with Crippen LogP contribution in [0.15, 0.2) is 29.6 Å². The van der Waals surface area contributed by atoms with Gasteiger partial charge in [-0.3, -0.25) is 0 Å². The molecule has 2 atom stereocenters. The monoisotopic (exact) mass is 365 g/mol. The minimum absolute atomic E-state index is 0. The molecule has 0 saturated heterocycles. The highest BCUT2D eigenvalue weighted by Crippen LogP contribution is 2.41. The SMILES string of the molecule is CNCC(CC1CCCc2cc(OC)c(C)cc21)c1cccs1.Cl. The third kappa shape index (κ3) is 4.14. The second-order valence-corrected chi connectivity index (χ2v) is 7.59. The lowest BCUT2D eigenvalue weighted by Crippen LogP contribution is -2.20. The molecule has 1 aliphatic rings. The molecule has 0 radical (unpaired) electrons. The topological polar surface area (TPSA) is 21.3 Å². The molecule has 3 rings (SSSR count). The molecule has 0 saturated carbocycles. The van der Waals surface area contributed by atoms with Crippen molar-refractivity contribution in [2.24, 2.45) is 0 Å². The van der Waals surface area contributed by atoms with Crippen molar-refractivity contribution in [3.8, 4) is 5.75 Å². The fourth-order valence-electron chi connectivity index (χ4n) is 3.92. The number of halogens is 1. The van der Waals surface area contributed by atoms with E-state index in [1.807, 2.05) is 11.3 Å². The molecule has 0 spiro atoms. The summed E-state index contributed by atoms with van der Waals surface area (Å²) >= 11 is 1.89. The maximum atomic E-state index is 5.52. The number of benzene rings is 1. The molecule has 4 heteroatoms. The largest absolute Gasteiger partial charge is 0.496 e. The minimum Gasteiger partial charge on any atom is -0.496 e. The fourth-order valence-corrected chi connectivity index (χ4v) is 4.77. The number of fused-ring (bicyclic) bond motifs is 1. The van der Waals surface area contributed by atoms with Gasteiger partial charge in [0.2, 0.25) is 0 Å². The highest BCUT2D eigenvalue weighted by Gasteiger charge is 2.25. The Morgan fingerprint density at radius 1 is 1.38 bits per heavy atom. The molecule has 24 heavy (non-hydrogen) atoms. The van der Waals surface area contributed by atoms with Crippen molar-refractivity contribution in [1.82, 2.24) is 5.32 Å². The summed E-state index contributed by atoms with van der Waals surface area (Å²) in [5, 5.41) is 5.58. The molecule has 1 aromatic carbocycles. The van der Waals surface area contributed by atoms with E-state index in [1.54, 1.807) is 12.7 Å². The van der Waals surface area contributed by atoms with Crippen molar-refractivity contribution >= 4 is 23.7 Å². The zero-order valence-electron chi connectivity index (χ0n) is 14.8. The summed E-state index contributed by atoms with van der Waals surface area (Å²) in [6, 6.07) is 9.11. The second kappa shape index (κ2) is 8.89. The first kappa shape index (κ1) is 19.3. The average Bonchev–Trinajstić information content (AvgIpc) is 3.09. The average molecular weight is 366 g/mol. The van der Waals surface area contributed by atoms with Gasteiger partial charge in [0.25, 0.3) is 0 Å². The van der Waals surface area contributed by atoms with Crippen LogP contribution in [0.4, 0.5) is 0 Å². The Kier molecular flexibility index (Phi) is 7.15. The molecule has 1 N–H and O–H groups in total. The number of nitrogens with one attached hydrogen (secondary N) is 1. The van der Waals surface area contributed by atoms with Crippen LogP contribution in [0.2, 0.25) is 0 Å². The van der Waals surface area contributed by atoms with Gasteiger partial charge < -0.3 is 10.1 Å². The van der Waals surface area contributed by atoms with E-state index in [-0.39, 0.29) is 12.4 Å². The molecule has 1 heterocycles. The fraction of sp³-hybridized carbons (Fsp3) is 0.500. The standard InChI is InChI=1S/C20H27NOS.ClH/c1-14-10-18-15(6-4-7-16(18)12-19(14)22-3)11-17(13-21-2)20-8-5-9-23-20;/h5,8-10,12,15,17,21H,4,6-7,11,13H2,1-3H3;1H. The first-order valence-electron chi connectivity index (χ1n) is 8.58. The van der Waals surface area contributed by atoms with E-state index in [0.29, 0.717) is 11.8 Å². The summed E-state index contributed by atoms with van der Waals surface area (Å²) in [7, 11) is 3.83. The number of aryl methyl sites for hydroxylation is 2. The van der Waals surface area contributed by atoms with E-state index < -0.39 is 0 Å². The van der Waals surface area contributed by atoms with Crippen molar-refractivity contribution in [2.45, 2.75) is 44.4 Å². The number of likely N-dealkylation sites (N-methyl/N-ethyl adjacent to an activating group) is 1. The quantitative estimate of drug-likeness (QED) is 0.749. The predicted molar refractivity (Wildman–Crippen MR) is 106 cm³/mol. The molecule has 132 valence electrons. The summed E-state index contributed by atoms with van der Waals surface area (Å²) in [4.78, 5) is 1.51. The van der Waals surface area contributed by atoms with E-state index in [2.05, 4.69) is 48.9 Å². The van der Waals surface area contributed by atoms with Gasteiger partial charge in [-0.25, -0.2) is 0 Å². The van der Waals surface area contributed by atoms with Gasteiger partial charge >= 0.3 is 0 Å². The van der Waals surface area contributed by atoms with Gasteiger partial charge in [0, 0.05) is 17.3 Å². The maximum Gasteiger partial charge on any atom is 0.122 e. The Bertz CT molecular complexity index is 641. The van der Waals surface area contributed by atoms with Crippen molar-refractivity contribution < 1.29 is 4.74 Å². The van der Waals surface area contributed by atoms with Gasteiger partial charge in [0.1, 0.15) is 5.75 Å². The van der Waals surface area contributed by atoms with E-state index in [1.165, 1.54) is 41.7 Å².